The molecule has 0 aromatic heterocycles. The van der Waals surface area contributed by atoms with E-state index >= 15 is 0 Å². The van der Waals surface area contributed by atoms with Crippen molar-refractivity contribution < 1.29 is 18.9 Å². The molecule has 28 heavy (non-hydrogen) atoms. The van der Waals surface area contributed by atoms with Crippen LogP contribution in [-0.4, -0.2) is 38.9 Å². The second-order valence-corrected chi connectivity index (χ2v) is 7.90. The second kappa shape index (κ2) is 6.89. The number of benzene rings is 2. The normalized spacial score (nSPS) is 20.6. The molecule has 2 aromatic rings. The lowest BCUT2D eigenvalue weighted by Crippen LogP contribution is -2.39. The van der Waals surface area contributed by atoms with Crippen molar-refractivity contribution in [2.45, 2.75) is 44.4 Å². The summed E-state index contributed by atoms with van der Waals surface area (Å²) < 4.78 is 23.0. The third-order valence-electron chi connectivity index (χ3n) is 6.23. The van der Waals surface area contributed by atoms with Gasteiger partial charge < -0.3 is 18.9 Å². The van der Waals surface area contributed by atoms with Gasteiger partial charge in [0.25, 0.3) is 0 Å². The van der Waals surface area contributed by atoms with Crippen LogP contribution in [0.5, 0.6) is 23.0 Å². The molecule has 3 aliphatic rings. The molecular formula is C23H27NO4. The maximum absolute atomic E-state index is 6.15. The van der Waals surface area contributed by atoms with Crippen LogP contribution in [0.2, 0.25) is 0 Å². The van der Waals surface area contributed by atoms with Gasteiger partial charge in [-0.1, -0.05) is 6.07 Å². The molecule has 1 atom stereocenters. The van der Waals surface area contributed by atoms with E-state index in [1.165, 1.54) is 22.3 Å². The van der Waals surface area contributed by atoms with Gasteiger partial charge in [-0.25, -0.2) is 0 Å². The molecule has 5 rings (SSSR count). The smallest absolute Gasteiger partial charge is 0.165 e. The van der Waals surface area contributed by atoms with Gasteiger partial charge in [0.15, 0.2) is 23.0 Å². The van der Waals surface area contributed by atoms with Crippen LogP contribution in [0.4, 0.5) is 0 Å². The quantitative estimate of drug-likeness (QED) is 0.785. The Morgan fingerprint density at radius 2 is 1.71 bits per heavy atom. The molecule has 2 heterocycles. The third-order valence-corrected chi connectivity index (χ3v) is 6.23. The lowest BCUT2D eigenvalue weighted by atomic mass is 9.83. The fraction of sp³-hybridized carbons (Fsp3) is 0.478. The van der Waals surface area contributed by atoms with Gasteiger partial charge in [-0.3, -0.25) is 4.90 Å². The summed E-state index contributed by atoms with van der Waals surface area (Å²) in [6.07, 6.45) is 4.64. The summed E-state index contributed by atoms with van der Waals surface area (Å²) in [4.78, 5) is 2.56. The van der Waals surface area contributed by atoms with Crippen molar-refractivity contribution in [1.82, 2.24) is 4.90 Å². The summed E-state index contributed by atoms with van der Waals surface area (Å²) >= 11 is 0. The highest BCUT2D eigenvalue weighted by Crippen LogP contribution is 2.46. The number of hydrogen-bond donors (Lipinski definition) is 0. The average molecular weight is 381 g/mol. The molecule has 2 aliphatic heterocycles. The van der Waals surface area contributed by atoms with Gasteiger partial charge in [0.2, 0.25) is 0 Å². The molecule has 0 amide bonds. The Labute approximate surface area is 166 Å². The topological polar surface area (TPSA) is 40.2 Å². The monoisotopic (exact) mass is 381 g/mol. The van der Waals surface area contributed by atoms with E-state index in [2.05, 4.69) is 23.1 Å². The van der Waals surface area contributed by atoms with Gasteiger partial charge in [0.1, 0.15) is 0 Å². The summed E-state index contributed by atoms with van der Waals surface area (Å²) in [5.74, 6) is 3.43. The fourth-order valence-corrected chi connectivity index (χ4v) is 4.61. The van der Waals surface area contributed by atoms with Gasteiger partial charge >= 0.3 is 0 Å². The fourth-order valence-electron chi connectivity index (χ4n) is 4.61. The van der Waals surface area contributed by atoms with Crippen molar-refractivity contribution in [2.75, 3.05) is 27.9 Å². The van der Waals surface area contributed by atoms with Gasteiger partial charge in [0.05, 0.1) is 27.4 Å². The van der Waals surface area contributed by atoms with Crippen molar-refractivity contribution >= 4 is 0 Å². The summed E-state index contributed by atoms with van der Waals surface area (Å²) in [5.41, 5.74) is 5.35. The molecule has 0 bridgehead atoms. The molecule has 5 heteroatoms. The first-order chi connectivity index (χ1) is 13.7. The molecule has 1 unspecified atom stereocenters. The van der Waals surface area contributed by atoms with Crippen LogP contribution >= 0.6 is 0 Å². The van der Waals surface area contributed by atoms with Crippen LogP contribution in [0.15, 0.2) is 24.3 Å². The molecule has 1 fully saturated rings. The zero-order chi connectivity index (χ0) is 19.3. The van der Waals surface area contributed by atoms with Gasteiger partial charge in [-0.05, 0) is 60.6 Å². The highest BCUT2D eigenvalue weighted by atomic mass is 16.5. The van der Waals surface area contributed by atoms with E-state index in [1.54, 1.807) is 21.3 Å². The molecular weight excluding hydrogens is 354 g/mol. The summed E-state index contributed by atoms with van der Waals surface area (Å²) in [6.45, 7) is 1.91. The maximum Gasteiger partial charge on any atom is 0.165 e. The Hall–Kier alpha value is -2.40. The van der Waals surface area contributed by atoms with E-state index in [0.29, 0.717) is 12.1 Å². The summed E-state index contributed by atoms with van der Waals surface area (Å²) in [6, 6.07) is 8.99. The van der Waals surface area contributed by atoms with Crippen molar-refractivity contribution in [3.63, 3.8) is 0 Å². The van der Waals surface area contributed by atoms with E-state index in [1.807, 2.05) is 6.07 Å². The van der Waals surface area contributed by atoms with E-state index < -0.39 is 0 Å². The van der Waals surface area contributed by atoms with Crippen LogP contribution in [0, 0.1) is 0 Å². The number of nitrogens with zero attached hydrogens (tertiary/aromatic N) is 1. The van der Waals surface area contributed by atoms with Gasteiger partial charge in [-0.2, -0.15) is 0 Å². The first kappa shape index (κ1) is 17.7. The largest absolute Gasteiger partial charge is 0.493 e. The van der Waals surface area contributed by atoms with Gasteiger partial charge in [-0.15, -0.1) is 0 Å². The molecule has 1 aliphatic carbocycles. The number of rotatable bonds is 5. The first-order valence-corrected chi connectivity index (χ1v) is 10.1. The standard InChI is InChI=1S/C23H27NO4/c1-25-20-7-4-14-10-19-17-12-22(28-16-5-6-16)21(26-2)11-15(17)8-9-24(19)13-18(14)23(20)27-3/h4,7,11-12,16,19H,5-6,8-10,13H2,1-3H3. The number of fused-ring (bicyclic) bond motifs is 4. The molecule has 0 radical (unpaired) electrons. The van der Waals surface area contributed by atoms with Crippen LogP contribution in [0.1, 0.15) is 41.1 Å². The Bertz CT molecular complexity index is 906. The van der Waals surface area contributed by atoms with Crippen molar-refractivity contribution in [2.24, 2.45) is 0 Å². The third kappa shape index (κ3) is 2.89. The second-order valence-electron chi connectivity index (χ2n) is 7.90. The summed E-state index contributed by atoms with van der Waals surface area (Å²) in [5, 5.41) is 0. The van der Waals surface area contributed by atoms with Crippen LogP contribution in [-0.2, 0) is 19.4 Å². The van der Waals surface area contributed by atoms with E-state index in [4.69, 9.17) is 18.9 Å². The van der Waals surface area contributed by atoms with Crippen LogP contribution in [0.3, 0.4) is 0 Å². The van der Waals surface area contributed by atoms with E-state index in [-0.39, 0.29) is 0 Å². The maximum atomic E-state index is 6.15. The Kier molecular flexibility index (Phi) is 4.35. The Balaban J connectivity index is 1.53. The molecule has 0 saturated heterocycles. The highest BCUT2D eigenvalue weighted by Gasteiger charge is 2.35. The molecule has 5 nitrogen and oxygen atoms in total. The van der Waals surface area contributed by atoms with E-state index in [9.17, 15) is 0 Å². The number of hydrogen-bond acceptors (Lipinski definition) is 5. The minimum atomic E-state index is 0.357. The van der Waals surface area contributed by atoms with Crippen molar-refractivity contribution in [1.29, 1.82) is 0 Å². The molecule has 0 spiro atoms. The lowest BCUT2D eigenvalue weighted by Gasteiger charge is -2.42. The van der Waals surface area contributed by atoms with E-state index in [0.717, 1.165) is 61.8 Å². The predicted molar refractivity (Wildman–Crippen MR) is 107 cm³/mol. The lowest BCUT2D eigenvalue weighted by molar-refractivity contribution is 0.157. The Morgan fingerprint density at radius 1 is 0.893 bits per heavy atom. The zero-order valence-electron chi connectivity index (χ0n) is 16.8. The van der Waals surface area contributed by atoms with Crippen molar-refractivity contribution in [3.8, 4) is 23.0 Å². The number of methoxy groups -OCH3 is 3. The SMILES string of the molecule is COc1cc2c(cc1OC1CC1)C1Cc3ccc(OC)c(OC)c3CN1CC2. The van der Waals surface area contributed by atoms with Gasteiger partial charge in [0, 0.05) is 24.7 Å². The predicted octanol–water partition coefficient (Wildman–Crippen LogP) is 3.91. The minimum Gasteiger partial charge on any atom is -0.493 e. The van der Waals surface area contributed by atoms with Crippen LogP contribution in [0.25, 0.3) is 0 Å². The molecule has 0 N–H and O–H groups in total. The van der Waals surface area contributed by atoms with Crippen molar-refractivity contribution in [3.05, 3.63) is 46.5 Å². The minimum absolute atomic E-state index is 0.357. The first-order valence-electron chi connectivity index (χ1n) is 10.1. The molecule has 148 valence electrons. The zero-order valence-corrected chi connectivity index (χ0v) is 16.8. The molecule has 2 aromatic carbocycles. The van der Waals surface area contributed by atoms with Crippen LogP contribution < -0.4 is 18.9 Å². The Morgan fingerprint density at radius 3 is 2.43 bits per heavy atom. The molecule has 1 saturated carbocycles. The summed E-state index contributed by atoms with van der Waals surface area (Å²) in [7, 11) is 5.15. The highest BCUT2D eigenvalue weighted by molar-refractivity contribution is 5.54. The number of ether oxygens (including phenoxy) is 4. The average Bonchev–Trinajstić information content (AvgIpc) is 3.55.